The number of nitrogens with one attached hydrogen (secondary N) is 1. The summed E-state index contributed by atoms with van der Waals surface area (Å²) in [5.41, 5.74) is 5.37. The lowest BCUT2D eigenvalue weighted by molar-refractivity contribution is 0.193. The van der Waals surface area contributed by atoms with Crippen molar-refractivity contribution in [2.45, 2.75) is 42.3 Å². The largest absolute Gasteiger partial charge is 0.338 e. The second-order valence-corrected chi connectivity index (χ2v) is 10.0. The van der Waals surface area contributed by atoms with Gasteiger partial charge in [0.2, 0.25) is 0 Å². The molecule has 0 bridgehead atoms. The van der Waals surface area contributed by atoms with Gasteiger partial charge in [-0.2, -0.15) is 0 Å². The number of rotatable bonds is 5. The van der Waals surface area contributed by atoms with Crippen LogP contribution in [0.2, 0.25) is 0 Å². The Morgan fingerprint density at radius 3 is 2.58 bits per heavy atom. The summed E-state index contributed by atoms with van der Waals surface area (Å²) in [5, 5.41) is 5.94. The zero-order valence-corrected chi connectivity index (χ0v) is 20.7. The maximum Gasteiger partial charge on any atom is 0.317 e. The molecule has 5 rings (SSSR count). The molecule has 1 aliphatic heterocycles. The number of carbonyl (C=O) groups excluding carboxylic acids is 1. The topological polar surface area (TPSA) is 40.5 Å². The smallest absolute Gasteiger partial charge is 0.317 e. The molecule has 172 valence electrons. The van der Waals surface area contributed by atoms with E-state index in [2.05, 4.69) is 83.5 Å². The highest BCUT2D eigenvalue weighted by Crippen LogP contribution is 2.46. The van der Waals surface area contributed by atoms with Crippen molar-refractivity contribution in [2.75, 3.05) is 26.7 Å². The van der Waals surface area contributed by atoms with Gasteiger partial charge in [0.1, 0.15) is 0 Å². The van der Waals surface area contributed by atoms with Crippen molar-refractivity contribution in [3.63, 3.8) is 0 Å². The predicted molar refractivity (Wildman–Crippen MR) is 137 cm³/mol. The Bertz CT molecular complexity index is 1210. The maximum atomic E-state index is 12.7. The zero-order chi connectivity index (χ0) is 23.1. The molecule has 2 aliphatic rings. The molecule has 0 unspecified atom stereocenters. The van der Waals surface area contributed by atoms with Gasteiger partial charge in [-0.3, -0.25) is 4.90 Å². The minimum Gasteiger partial charge on any atom is -0.338 e. The highest BCUT2D eigenvalue weighted by atomic mass is 32.2. The van der Waals surface area contributed by atoms with Gasteiger partial charge in [0.05, 0.1) is 11.1 Å². The summed E-state index contributed by atoms with van der Waals surface area (Å²) in [6.07, 6.45) is 3.29. The maximum absolute atomic E-state index is 12.7. The number of aryl methyl sites for hydroxylation is 1. The van der Waals surface area contributed by atoms with Gasteiger partial charge in [0.25, 0.3) is 0 Å². The van der Waals surface area contributed by atoms with Crippen LogP contribution >= 0.6 is 11.8 Å². The fourth-order valence-electron chi connectivity index (χ4n) is 5.35. The lowest BCUT2D eigenvalue weighted by atomic mass is 9.81. The molecule has 0 spiro atoms. The number of nitrogens with zero attached hydrogens (tertiary/aromatic N) is 3. The Hall–Kier alpha value is -2.70. The molecule has 0 radical (unpaired) electrons. The van der Waals surface area contributed by atoms with Crippen molar-refractivity contribution in [3.8, 4) is 0 Å². The Morgan fingerprint density at radius 2 is 1.85 bits per heavy atom. The van der Waals surface area contributed by atoms with E-state index in [1.54, 1.807) is 0 Å². The minimum atomic E-state index is 0.00744. The Labute approximate surface area is 200 Å². The third-order valence-corrected chi connectivity index (χ3v) is 8.27. The molecule has 5 nitrogen and oxygen atoms in total. The lowest BCUT2D eigenvalue weighted by Crippen LogP contribution is -2.52. The summed E-state index contributed by atoms with van der Waals surface area (Å²) in [5.74, 6) is 0. The molecule has 2 aromatic carbocycles. The first kappa shape index (κ1) is 22.1. The van der Waals surface area contributed by atoms with E-state index in [0.717, 1.165) is 26.1 Å². The second kappa shape index (κ2) is 8.92. The average Bonchev–Trinajstić information content (AvgIpc) is 3.08. The van der Waals surface area contributed by atoms with Crippen LogP contribution in [0.15, 0.2) is 64.5 Å². The molecular weight excluding hydrogens is 428 g/mol. The van der Waals surface area contributed by atoms with Gasteiger partial charge >= 0.3 is 6.03 Å². The van der Waals surface area contributed by atoms with E-state index in [0.29, 0.717) is 6.04 Å². The van der Waals surface area contributed by atoms with Crippen LogP contribution < -0.4 is 5.32 Å². The summed E-state index contributed by atoms with van der Waals surface area (Å²) < 4.78 is 2.35. The van der Waals surface area contributed by atoms with E-state index in [1.807, 2.05) is 30.5 Å². The molecule has 0 saturated heterocycles. The van der Waals surface area contributed by atoms with Crippen LogP contribution in [0, 0.1) is 0 Å². The number of aromatic nitrogens is 1. The molecule has 1 aliphatic carbocycles. The van der Waals surface area contributed by atoms with Gasteiger partial charge in [-0.05, 0) is 62.2 Å². The van der Waals surface area contributed by atoms with Crippen LogP contribution in [-0.2, 0) is 13.5 Å². The van der Waals surface area contributed by atoms with Crippen LogP contribution in [0.4, 0.5) is 4.79 Å². The van der Waals surface area contributed by atoms with E-state index < -0.39 is 0 Å². The van der Waals surface area contributed by atoms with Gasteiger partial charge < -0.3 is 14.8 Å². The lowest BCUT2D eigenvalue weighted by Gasteiger charge is -2.40. The van der Waals surface area contributed by atoms with Crippen LogP contribution in [0.1, 0.15) is 25.0 Å². The number of fused-ring (bicyclic) bond motifs is 2. The molecule has 2 amide bonds. The summed E-state index contributed by atoms with van der Waals surface area (Å²) in [6, 6.07) is 17.6. The SMILES string of the molecule is CCN(CC)C(=O)N[C@H]1C=C2c3cccc4c3c(c(Sc3ccccc3)n4C)C[C@H]2N(C)C1. The molecule has 0 saturated carbocycles. The Kier molecular flexibility index (Phi) is 5.97. The van der Waals surface area contributed by atoms with E-state index in [9.17, 15) is 4.79 Å². The van der Waals surface area contributed by atoms with E-state index in [1.165, 1.54) is 37.5 Å². The van der Waals surface area contributed by atoms with Crippen molar-refractivity contribution >= 4 is 34.3 Å². The number of benzene rings is 2. The second-order valence-electron chi connectivity index (χ2n) is 8.97. The Balaban J connectivity index is 1.56. The first-order valence-corrected chi connectivity index (χ1v) is 12.6. The predicted octanol–water partition coefficient (Wildman–Crippen LogP) is 5.00. The van der Waals surface area contributed by atoms with Crippen molar-refractivity contribution in [1.29, 1.82) is 0 Å². The van der Waals surface area contributed by atoms with Gasteiger partial charge in [0, 0.05) is 48.5 Å². The fraction of sp³-hybridized carbons (Fsp3) is 0.370. The Morgan fingerprint density at radius 1 is 1.09 bits per heavy atom. The normalized spacial score (nSPS) is 19.8. The molecule has 2 atom stereocenters. The van der Waals surface area contributed by atoms with E-state index >= 15 is 0 Å². The highest BCUT2D eigenvalue weighted by Gasteiger charge is 2.36. The van der Waals surface area contributed by atoms with Crippen LogP contribution in [0.5, 0.6) is 0 Å². The van der Waals surface area contributed by atoms with Crippen molar-refractivity contribution in [1.82, 2.24) is 19.7 Å². The first-order valence-electron chi connectivity index (χ1n) is 11.8. The first-order chi connectivity index (χ1) is 16.0. The number of hydrogen-bond acceptors (Lipinski definition) is 3. The number of carbonyl (C=O) groups is 1. The number of hydrogen-bond donors (Lipinski definition) is 1. The molecule has 0 fully saturated rings. The summed E-state index contributed by atoms with van der Waals surface area (Å²) >= 11 is 1.85. The van der Waals surface area contributed by atoms with Gasteiger partial charge in [-0.1, -0.05) is 48.2 Å². The van der Waals surface area contributed by atoms with Crippen LogP contribution in [0.25, 0.3) is 16.5 Å². The standard InChI is InChI=1S/C27H32N4OS/c1-5-31(6-2)27(32)28-18-15-21-20-13-10-14-23-25(20)22(16-24(21)29(3)17-18)26(30(23)4)33-19-11-8-7-9-12-19/h7-15,18,24H,5-6,16-17H2,1-4H3,(H,28,32)/t18-,24+/m0/s1. The fourth-order valence-corrected chi connectivity index (χ4v) is 6.41. The molecule has 1 aromatic heterocycles. The molecule has 33 heavy (non-hydrogen) atoms. The van der Waals surface area contributed by atoms with E-state index in [-0.39, 0.29) is 12.1 Å². The van der Waals surface area contributed by atoms with Crippen molar-refractivity contribution < 1.29 is 4.79 Å². The summed E-state index contributed by atoms with van der Waals surface area (Å²) in [4.78, 5) is 18.2. The summed E-state index contributed by atoms with van der Waals surface area (Å²) in [7, 11) is 4.37. The molecular formula is C27H32N4OS. The number of urea groups is 1. The third-order valence-electron chi connectivity index (χ3n) is 7.05. The van der Waals surface area contributed by atoms with E-state index in [4.69, 9.17) is 0 Å². The molecule has 3 aromatic rings. The average molecular weight is 461 g/mol. The van der Waals surface area contributed by atoms with Crippen LogP contribution in [-0.4, -0.2) is 59.2 Å². The molecule has 1 N–H and O–H groups in total. The van der Waals surface area contributed by atoms with Crippen molar-refractivity contribution in [2.24, 2.45) is 7.05 Å². The molecule has 2 heterocycles. The number of likely N-dealkylation sites (N-methyl/N-ethyl adjacent to an activating group) is 1. The van der Waals surface area contributed by atoms with Gasteiger partial charge in [0.15, 0.2) is 0 Å². The third kappa shape index (κ3) is 3.85. The number of amides is 2. The van der Waals surface area contributed by atoms with Gasteiger partial charge in [-0.15, -0.1) is 0 Å². The monoisotopic (exact) mass is 460 g/mol. The molecule has 6 heteroatoms. The van der Waals surface area contributed by atoms with Gasteiger partial charge in [-0.25, -0.2) is 4.79 Å². The van der Waals surface area contributed by atoms with Crippen LogP contribution in [0.3, 0.4) is 0 Å². The van der Waals surface area contributed by atoms with Crippen molar-refractivity contribution in [3.05, 3.63) is 65.7 Å². The summed E-state index contributed by atoms with van der Waals surface area (Å²) in [6.45, 7) is 6.31. The highest BCUT2D eigenvalue weighted by molar-refractivity contribution is 7.99. The quantitative estimate of drug-likeness (QED) is 0.582. The minimum absolute atomic E-state index is 0.00744. The zero-order valence-electron chi connectivity index (χ0n) is 19.8.